The van der Waals surface area contributed by atoms with E-state index in [1.54, 1.807) is 16.5 Å². The van der Waals surface area contributed by atoms with Gasteiger partial charge in [0, 0.05) is 0 Å². The Bertz CT molecular complexity index is 146. The van der Waals surface area contributed by atoms with E-state index in [4.69, 9.17) is 0 Å². The van der Waals surface area contributed by atoms with Crippen LogP contribution in [0.1, 0.15) is 5.56 Å². The molecule has 0 aliphatic carbocycles. The van der Waals surface area contributed by atoms with Gasteiger partial charge in [0.2, 0.25) is 0 Å². The SMILES string of the molecule is [GeH][CH2]c1ccccc1. The zero-order valence-electron chi connectivity index (χ0n) is 4.67. The Morgan fingerprint density at radius 2 is 1.75 bits per heavy atom. The van der Waals surface area contributed by atoms with Crippen molar-refractivity contribution in [3.8, 4) is 0 Å². The summed E-state index contributed by atoms with van der Waals surface area (Å²) in [6.45, 7) is 0. The van der Waals surface area contributed by atoms with Gasteiger partial charge in [-0.25, -0.2) is 0 Å². The second-order valence-electron chi connectivity index (χ2n) is 1.69. The minimum atomic E-state index is 1.20. The van der Waals surface area contributed by atoms with Crippen molar-refractivity contribution in [1.82, 2.24) is 0 Å². The van der Waals surface area contributed by atoms with E-state index in [1.807, 2.05) is 6.07 Å². The summed E-state index contributed by atoms with van der Waals surface area (Å²) < 4.78 is 0. The van der Waals surface area contributed by atoms with Gasteiger partial charge < -0.3 is 0 Å². The molecule has 0 bridgehead atoms. The summed E-state index contributed by atoms with van der Waals surface area (Å²) in [4.78, 5) is 0. The van der Waals surface area contributed by atoms with Gasteiger partial charge in [-0.1, -0.05) is 0 Å². The molecule has 0 aliphatic heterocycles. The van der Waals surface area contributed by atoms with Gasteiger partial charge in [-0.2, -0.15) is 0 Å². The third-order valence-corrected chi connectivity index (χ3v) is 2.07. The maximum absolute atomic E-state index is 2.15. The molecule has 1 aromatic carbocycles. The Labute approximate surface area is 58.1 Å². The predicted molar refractivity (Wildman–Crippen MR) is 37.3 cm³/mol. The second kappa shape index (κ2) is 2.92. The van der Waals surface area contributed by atoms with Crippen molar-refractivity contribution in [3.05, 3.63) is 35.9 Å². The number of rotatable bonds is 1. The van der Waals surface area contributed by atoms with Crippen molar-refractivity contribution in [2.75, 3.05) is 0 Å². The van der Waals surface area contributed by atoms with E-state index in [0.717, 1.165) is 0 Å². The Morgan fingerprint density at radius 3 is 2.12 bits per heavy atom. The molecule has 0 amide bonds. The van der Waals surface area contributed by atoms with Crippen LogP contribution in [0.25, 0.3) is 0 Å². The van der Waals surface area contributed by atoms with Crippen LogP contribution in [-0.4, -0.2) is 16.5 Å². The molecule has 0 fully saturated rings. The molecule has 0 unspecified atom stereocenters. The second-order valence-corrected chi connectivity index (χ2v) is 2.55. The number of hydrogen-bond acceptors (Lipinski definition) is 0. The fourth-order valence-electron chi connectivity index (χ4n) is 0.614. The zero-order valence-corrected chi connectivity index (χ0v) is 7.09. The molecule has 0 saturated carbocycles. The standard InChI is InChI=1S/C7H8Ge/c8-6-7-4-2-1-3-5-7/h1-5,8H,6H2. The summed E-state index contributed by atoms with van der Waals surface area (Å²) in [5.74, 6) is 0. The van der Waals surface area contributed by atoms with Gasteiger partial charge >= 0.3 is 57.7 Å². The molecular weight excluding hydrogens is 157 g/mol. The van der Waals surface area contributed by atoms with Gasteiger partial charge in [0.25, 0.3) is 0 Å². The van der Waals surface area contributed by atoms with Crippen molar-refractivity contribution in [2.24, 2.45) is 0 Å². The van der Waals surface area contributed by atoms with Crippen LogP contribution < -0.4 is 0 Å². The van der Waals surface area contributed by atoms with Crippen LogP contribution in [0.3, 0.4) is 0 Å². The normalized spacial score (nSPS) is 9.12. The summed E-state index contributed by atoms with van der Waals surface area (Å²) >= 11 is 1.76. The van der Waals surface area contributed by atoms with Crippen molar-refractivity contribution < 1.29 is 0 Å². The molecule has 0 N–H and O–H groups in total. The Balaban J connectivity index is 2.83. The molecule has 1 rings (SSSR count). The summed E-state index contributed by atoms with van der Waals surface area (Å²) in [6, 6.07) is 10.5. The number of hydrogen-bond donors (Lipinski definition) is 0. The van der Waals surface area contributed by atoms with Crippen LogP contribution >= 0.6 is 0 Å². The molecule has 0 spiro atoms. The molecule has 0 atom stereocenters. The van der Waals surface area contributed by atoms with Crippen molar-refractivity contribution in [3.63, 3.8) is 0 Å². The minimum absolute atomic E-state index is 1.20. The van der Waals surface area contributed by atoms with Crippen LogP contribution in [0.2, 0.25) is 0 Å². The van der Waals surface area contributed by atoms with Gasteiger partial charge in [-0.15, -0.1) is 0 Å². The third kappa shape index (κ3) is 1.37. The third-order valence-electron chi connectivity index (χ3n) is 1.08. The molecule has 8 heavy (non-hydrogen) atoms. The summed E-state index contributed by atoms with van der Waals surface area (Å²) in [5, 5.41) is 1.20. The Kier molecular flexibility index (Phi) is 2.15. The van der Waals surface area contributed by atoms with E-state index in [9.17, 15) is 0 Å². The van der Waals surface area contributed by atoms with Crippen LogP contribution in [0.4, 0.5) is 0 Å². The molecule has 40 valence electrons. The van der Waals surface area contributed by atoms with E-state index < -0.39 is 0 Å². The van der Waals surface area contributed by atoms with Gasteiger partial charge in [-0.05, 0) is 0 Å². The molecule has 0 saturated heterocycles. The van der Waals surface area contributed by atoms with Gasteiger partial charge in [0.05, 0.1) is 0 Å². The average molecular weight is 165 g/mol. The molecule has 0 aromatic heterocycles. The number of benzene rings is 1. The fraction of sp³-hybridized carbons (Fsp3) is 0.143. The monoisotopic (exact) mass is 166 g/mol. The molecular formula is C7H8Ge. The van der Waals surface area contributed by atoms with E-state index >= 15 is 0 Å². The molecule has 0 nitrogen and oxygen atoms in total. The van der Waals surface area contributed by atoms with Crippen LogP contribution in [0.5, 0.6) is 0 Å². The van der Waals surface area contributed by atoms with E-state index in [2.05, 4.69) is 24.3 Å². The molecule has 2 radical (unpaired) electrons. The fourth-order valence-corrected chi connectivity index (χ4v) is 1.19. The van der Waals surface area contributed by atoms with Crippen molar-refractivity contribution >= 4 is 16.5 Å². The quantitative estimate of drug-likeness (QED) is 0.546. The van der Waals surface area contributed by atoms with E-state index in [0.29, 0.717) is 0 Å². The van der Waals surface area contributed by atoms with Crippen molar-refractivity contribution in [1.29, 1.82) is 0 Å². The summed E-state index contributed by atoms with van der Waals surface area (Å²) in [7, 11) is 0. The first kappa shape index (κ1) is 5.89. The van der Waals surface area contributed by atoms with E-state index in [1.165, 1.54) is 10.8 Å². The van der Waals surface area contributed by atoms with Crippen LogP contribution in [0.15, 0.2) is 30.3 Å². The topological polar surface area (TPSA) is 0 Å². The summed E-state index contributed by atoms with van der Waals surface area (Å²) in [5.41, 5.74) is 1.44. The first-order valence-electron chi connectivity index (χ1n) is 2.67. The van der Waals surface area contributed by atoms with Crippen LogP contribution in [0, 0.1) is 0 Å². The molecule has 0 heterocycles. The van der Waals surface area contributed by atoms with E-state index in [-0.39, 0.29) is 0 Å². The first-order chi connectivity index (χ1) is 3.93. The molecule has 0 aliphatic rings. The van der Waals surface area contributed by atoms with Gasteiger partial charge in [0.15, 0.2) is 0 Å². The zero-order chi connectivity index (χ0) is 5.82. The van der Waals surface area contributed by atoms with Gasteiger partial charge in [0.1, 0.15) is 0 Å². The Morgan fingerprint density at radius 1 is 1.12 bits per heavy atom. The van der Waals surface area contributed by atoms with Crippen LogP contribution in [-0.2, 0) is 5.25 Å². The molecule has 1 aromatic rings. The average Bonchev–Trinajstić information content (AvgIpc) is 1.90. The first-order valence-corrected chi connectivity index (χ1v) is 4.39. The van der Waals surface area contributed by atoms with Gasteiger partial charge in [-0.3, -0.25) is 0 Å². The maximum atomic E-state index is 2.15. The molecule has 1 heteroatoms. The summed E-state index contributed by atoms with van der Waals surface area (Å²) in [6.07, 6.45) is 0. The van der Waals surface area contributed by atoms with Crippen molar-refractivity contribution in [2.45, 2.75) is 5.25 Å². The predicted octanol–water partition coefficient (Wildman–Crippen LogP) is 1.09. The Hall–Kier alpha value is -0.237.